The maximum atomic E-state index is 13.0. The Hall–Kier alpha value is -2.40. The molecule has 5 rings (SSSR count). The van der Waals surface area contributed by atoms with Crippen molar-refractivity contribution >= 4 is 5.91 Å². The van der Waals surface area contributed by atoms with Crippen LogP contribution in [0.1, 0.15) is 23.2 Å². The minimum absolute atomic E-state index is 0.0353. The zero-order chi connectivity index (χ0) is 17.7. The van der Waals surface area contributed by atoms with Crippen LogP contribution >= 0.6 is 0 Å². The Balaban J connectivity index is 1.46. The monoisotopic (exact) mass is 349 g/mol. The molecule has 1 aromatic heterocycles. The summed E-state index contributed by atoms with van der Waals surface area (Å²) in [4.78, 5) is 21.5. The fourth-order valence-electron chi connectivity index (χ4n) is 4.15. The van der Waals surface area contributed by atoms with Gasteiger partial charge in [-0.2, -0.15) is 0 Å². The van der Waals surface area contributed by atoms with E-state index in [9.17, 15) is 4.79 Å². The van der Waals surface area contributed by atoms with Crippen molar-refractivity contribution in [2.24, 2.45) is 5.92 Å². The summed E-state index contributed by atoms with van der Waals surface area (Å²) in [7, 11) is 1.91. The number of likely N-dealkylation sites (tertiary alicyclic amines) is 1. The number of benzene rings is 1. The van der Waals surface area contributed by atoms with Crippen molar-refractivity contribution in [3.05, 3.63) is 48.3 Å². The molecule has 0 bridgehead atoms. The second kappa shape index (κ2) is 6.09. The molecule has 1 saturated carbocycles. The molecule has 5 nitrogen and oxygen atoms in total. The Bertz CT molecular complexity index is 834. The van der Waals surface area contributed by atoms with Gasteiger partial charge < -0.3 is 9.64 Å². The van der Waals surface area contributed by atoms with Crippen LogP contribution in [0.3, 0.4) is 0 Å². The molecule has 134 valence electrons. The van der Waals surface area contributed by atoms with Gasteiger partial charge in [0, 0.05) is 44.6 Å². The molecular formula is C21H23N3O2. The van der Waals surface area contributed by atoms with Crippen LogP contribution in [0.4, 0.5) is 0 Å². The molecule has 0 N–H and O–H groups in total. The lowest BCUT2D eigenvalue weighted by atomic mass is 10.0. The summed E-state index contributed by atoms with van der Waals surface area (Å²) >= 11 is 0. The fourth-order valence-corrected chi connectivity index (χ4v) is 4.15. The molecular weight excluding hydrogens is 326 g/mol. The van der Waals surface area contributed by atoms with Crippen molar-refractivity contribution < 1.29 is 9.53 Å². The highest BCUT2D eigenvalue weighted by molar-refractivity contribution is 5.98. The number of pyridine rings is 1. The quantitative estimate of drug-likeness (QED) is 0.855. The van der Waals surface area contributed by atoms with Gasteiger partial charge in [0.1, 0.15) is 11.9 Å². The minimum Gasteiger partial charge on any atom is -0.486 e. The highest BCUT2D eigenvalue weighted by atomic mass is 16.5. The van der Waals surface area contributed by atoms with Crippen LogP contribution in [0.15, 0.2) is 42.7 Å². The average molecular weight is 349 g/mol. The van der Waals surface area contributed by atoms with Crippen molar-refractivity contribution in [2.45, 2.75) is 25.0 Å². The van der Waals surface area contributed by atoms with Gasteiger partial charge >= 0.3 is 0 Å². The maximum absolute atomic E-state index is 13.0. The first-order valence-electron chi connectivity index (χ1n) is 9.39. The van der Waals surface area contributed by atoms with E-state index >= 15 is 0 Å². The van der Waals surface area contributed by atoms with E-state index in [1.807, 2.05) is 48.5 Å². The van der Waals surface area contributed by atoms with Gasteiger partial charge in [0.05, 0.1) is 11.6 Å². The first-order chi connectivity index (χ1) is 12.7. The van der Waals surface area contributed by atoms with Crippen molar-refractivity contribution in [3.8, 4) is 16.9 Å². The lowest BCUT2D eigenvalue weighted by Gasteiger charge is -2.25. The normalized spacial score (nSPS) is 25.4. The zero-order valence-corrected chi connectivity index (χ0v) is 15.0. The van der Waals surface area contributed by atoms with E-state index in [0.29, 0.717) is 11.3 Å². The van der Waals surface area contributed by atoms with Gasteiger partial charge in [-0.1, -0.05) is 12.1 Å². The number of hydrogen-bond acceptors (Lipinski definition) is 4. The number of likely N-dealkylation sites (N-methyl/N-ethyl adjacent to an activating group) is 1. The minimum atomic E-state index is 0.0353. The third kappa shape index (κ3) is 2.76. The van der Waals surface area contributed by atoms with E-state index < -0.39 is 0 Å². The summed E-state index contributed by atoms with van der Waals surface area (Å²) in [5, 5.41) is 0. The van der Waals surface area contributed by atoms with Gasteiger partial charge in [-0.25, -0.2) is 0 Å². The van der Waals surface area contributed by atoms with Gasteiger partial charge in [-0.3, -0.25) is 14.7 Å². The van der Waals surface area contributed by atoms with Gasteiger partial charge in [0.25, 0.3) is 5.91 Å². The highest BCUT2D eigenvalue weighted by Gasteiger charge is 2.43. The number of ether oxygens (including phenoxy) is 1. The summed E-state index contributed by atoms with van der Waals surface area (Å²) in [6, 6.07) is 9.92. The Kier molecular flexibility index (Phi) is 3.71. The molecule has 3 aliphatic rings. The summed E-state index contributed by atoms with van der Waals surface area (Å²) in [6.45, 7) is 2.95. The van der Waals surface area contributed by atoms with Crippen molar-refractivity contribution in [3.63, 3.8) is 0 Å². The van der Waals surface area contributed by atoms with Crippen LogP contribution < -0.4 is 4.74 Å². The SMILES string of the molecule is CN1C(=O)c2ccc(-c3cccnc3)cc2OC2CN(CC3CC3)CC21. The number of carbonyl (C=O) groups excluding carboxylic acids is 1. The number of hydrogen-bond donors (Lipinski definition) is 0. The molecule has 1 aromatic carbocycles. The van der Waals surface area contributed by atoms with Gasteiger partial charge in [0.2, 0.25) is 0 Å². The second-order valence-corrected chi connectivity index (χ2v) is 7.75. The van der Waals surface area contributed by atoms with Crippen LogP contribution in [0, 0.1) is 5.92 Å². The van der Waals surface area contributed by atoms with E-state index in [0.717, 1.165) is 36.7 Å². The molecule has 1 amide bonds. The maximum Gasteiger partial charge on any atom is 0.257 e. The topological polar surface area (TPSA) is 45.7 Å². The first-order valence-corrected chi connectivity index (χ1v) is 9.39. The lowest BCUT2D eigenvalue weighted by Crippen LogP contribution is -2.44. The number of fused-ring (bicyclic) bond motifs is 2. The predicted molar refractivity (Wildman–Crippen MR) is 99.1 cm³/mol. The third-order valence-electron chi connectivity index (χ3n) is 5.83. The third-order valence-corrected chi connectivity index (χ3v) is 5.83. The Morgan fingerprint density at radius 2 is 2.08 bits per heavy atom. The van der Waals surface area contributed by atoms with Crippen LogP contribution in [0.2, 0.25) is 0 Å². The van der Waals surface area contributed by atoms with Crippen LogP contribution in [0.5, 0.6) is 5.75 Å². The van der Waals surface area contributed by atoms with E-state index in [2.05, 4.69) is 9.88 Å². The lowest BCUT2D eigenvalue weighted by molar-refractivity contribution is 0.0682. The van der Waals surface area contributed by atoms with Crippen LogP contribution in [-0.4, -0.2) is 59.5 Å². The molecule has 1 saturated heterocycles. The first kappa shape index (κ1) is 15.8. The van der Waals surface area contributed by atoms with Gasteiger partial charge in [-0.05, 0) is 42.5 Å². The van der Waals surface area contributed by atoms with E-state index in [1.165, 1.54) is 12.8 Å². The van der Waals surface area contributed by atoms with E-state index in [1.54, 1.807) is 6.20 Å². The molecule has 2 aromatic rings. The second-order valence-electron chi connectivity index (χ2n) is 7.75. The number of aromatic nitrogens is 1. The summed E-state index contributed by atoms with van der Waals surface area (Å²) < 4.78 is 6.39. The number of rotatable bonds is 3. The molecule has 2 atom stereocenters. The highest BCUT2D eigenvalue weighted by Crippen LogP contribution is 2.36. The summed E-state index contributed by atoms with van der Waals surface area (Å²) in [5.74, 6) is 1.60. The number of nitrogens with zero attached hydrogens (tertiary/aromatic N) is 3. The standard InChI is InChI=1S/C21H23N3O2/c1-23-18-12-24(11-14-4-5-14)13-20(18)26-19-9-15(6-7-17(19)21(23)25)16-3-2-8-22-10-16/h2-3,6-10,14,18,20H,4-5,11-13H2,1H3. The Labute approximate surface area is 153 Å². The number of carbonyl (C=O) groups is 1. The smallest absolute Gasteiger partial charge is 0.257 e. The van der Waals surface area contributed by atoms with Crippen LogP contribution in [0.25, 0.3) is 11.1 Å². The predicted octanol–water partition coefficient (Wildman–Crippen LogP) is 2.68. The summed E-state index contributed by atoms with van der Waals surface area (Å²) in [5.41, 5.74) is 2.71. The van der Waals surface area contributed by atoms with E-state index in [4.69, 9.17) is 4.74 Å². The molecule has 26 heavy (non-hydrogen) atoms. The average Bonchev–Trinajstić information content (AvgIpc) is 3.41. The Morgan fingerprint density at radius 1 is 1.19 bits per heavy atom. The number of amides is 1. The van der Waals surface area contributed by atoms with Crippen molar-refractivity contribution in [1.82, 2.24) is 14.8 Å². The largest absolute Gasteiger partial charge is 0.486 e. The molecule has 3 heterocycles. The van der Waals surface area contributed by atoms with Gasteiger partial charge in [-0.15, -0.1) is 0 Å². The molecule has 2 fully saturated rings. The van der Waals surface area contributed by atoms with Crippen molar-refractivity contribution in [2.75, 3.05) is 26.7 Å². The zero-order valence-electron chi connectivity index (χ0n) is 15.0. The van der Waals surface area contributed by atoms with Crippen LogP contribution in [-0.2, 0) is 0 Å². The van der Waals surface area contributed by atoms with Crippen molar-refractivity contribution in [1.29, 1.82) is 0 Å². The molecule has 5 heteroatoms. The molecule has 0 radical (unpaired) electrons. The van der Waals surface area contributed by atoms with Gasteiger partial charge in [0.15, 0.2) is 0 Å². The fraction of sp³-hybridized carbons (Fsp3) is 0.429. The Morgan fingerprint density at radius 3 is 2.85 bits per heavy atom. The molecule has 2 unspecified atom stereocenters. The molecule has 0 spiro atoms. The van der Waals surface area contributed by atoms with E-state index in [-0.39, 0.29) is 18.1 Å². The molecule has 2 aliphatic heterocycles. The molecule has 1 aliphatic carbocycles. The summed E-state index contributed by atoms with van der Waals surface area (Å²) in [6.07, 6.45) is 6.33.